The molecule has 2 N–H and O–H groups in total. The molecule has 2 aromatic carbocycles. The van der Waals surface area contributed by atoms with Crippen molar-refractivity contribution < 1.29 is 18.0 Å². The first kappa shape index (κ1) is 21.0. The molecule has 0 radical (unpaired) electrons. The van der Waals surface area contributed by atoms with Crippen molar-refractivity contribution in [3.63, 3.8) is 0 Å². The van der Waals surface area contributed by atoms with Gasteiger partial charge in [0.2, 0.25) is 11.7 Å². The van der Waals surface area contributed by atoms with Crippen LogP contribution < -0.4 is 10.6 Å². The second kappa shape index (κ2) is 8.88. The number of hydrogen-bond acceptors (Lipinski definition) is 5. The highest BCUT2D eigenvalue weighted by molar-refractivity contribution is 5.92. The minimum absolute atomic E-state index is 0.0552. The van der Waals surface area contributed by atoms with E-state index in [1.54, 1.807) is 24.3 Å². The number of imidazole rings is 1. The molecule has 4 rings (SSSR count). The Morgan fingerprint density at radius 2 is 1.69 bits per heavy atom. The predicted molar refractivity (Wildman–Crippen MR) is 113 cm³/mol. The second-order valence-corrected chi connectivity index (χ2v) is 6.74. The molecule has 0 fully saturated rings. The van der Waals surface area contributed by atoms with Gasteiger partial charge in [0.05, 0.1) is 12.2 Å². The maximum atomic E-state index is 13.0. The lowest BCUT2D eigenvalue weighted by Crippen LogP contribution is -2.22. The van der Waals surface area contributed by atoms with Gasteiger partial charge in [0.15, 0.2) is 5.82 Å². The third-order valence-electron chi connectivity index (χ3n) is 4.49. The van der Waals surface area contributed by atoms with Gasteiger partial charge in [-0.3, -0.25) is 9.36 Å². The maximum absolute atomic E-state index is 13.0. The molecular formula is C22H17F3N6O. The summed E-state index contributed by atoms with van der Waals surface area (Å²) in [7, 11) is 0. The monoisotopic (exact) mass is 438 g/mol. The zero-order valence-corrected chi connectivity index (χ0v) is 16.5. The van der Waals surface area contributed by atoms with Gasteiger partial charge in [-0.25, -0.2) is 4.98 Å². The van der Waals surface area contributed by atoms with Crippen LogP contribution in [0.3, 0.4) is 0 Å². The van der Waals surface area contributed by atoms with Crippen LogP contribution in [0.2, 0.25) is 0 Å². The molecule has 32 heavy (non-hydrogen) atoms. The molecule has 0 aliphatic heterocycles. The van der Waals surface area contributed by atoms with Crippen molar-refractivity contribution in [3.05, 3.63) is 84.9 Å². The zero-order valence-electron chi connectivity index (χ0n) is 16.5. The highest BCUT2D eigenvalue weighted by atomic mass is 19.4. The summed E-state index contributed by atoms with van der Waals surface area (Å²) in [5, 5.41) is 13.7. The molecular weight excluding hydrogens is 421 g/mol. The van der Waals surface area contributed by atoms with Crippen LogP contribution in [0.1, 0.15) is 5.82 Å². The quantitative estimate of drug-likeness (QED) is 0.466. The number of hydrogen-bond donors (Lipinski definition) is 2. The first-order valence-corrected chi connectivity index (χ1v) is 9.54. The van der Waals surface area contributed by atoms with Crippen LogP contribution in [-0.2, 0) is 11.0 Å². The van der Waals surface area contributed by atoms with Gasteiger partial charge >= 0.3 is 6.18 Å². The van der Waals surface area contributed by atoms with Crippen LogP contribution in [-0.4, -0.2) is 32.2 Å². The van der Waals surface area contributed by atoms with Crippen LogP contribution in [0.25, 0.3) is 16.9 Å². The lowest BCUT2D eigenvalue weighted by molar-refractivity contribution is -0.145. The van der Waals surface area contributed by atoms with Crippen molar-refractivity contribution >= 4 is 17.4 Å². The summed E-state index contributed by atoms with van der Waals surface area (Å²) in [5.41, 5.74) is 2.48. The van der Waals surface area contributed by atoms with Crippen LogP contribution >= 0.6 is 0 Å². The van der Waals surface area contributed by atoms with E-state index in [9.17, 15) is 18.0 Å². The summed E-state index contributed by atoms with van der Waals surface area (Å²) in [6.45, 7) is -0.0552. The number of carbonyl (C=O) groups is 1. The molecule has 7 nitrogen and oxygen atoms in total. The van der Waals surface area contributed by atoms with Crippen molar-refractivity contribution in [1.82, 2.24) is 19.7 Å². The number of anilines is 2. The minimum Gasteiger partial charge on any atom is -0.376 e. The molecule has 0 saturated heterocycles. The SMILES string of the molecule is O=C(CNc1ccc(-n2ccnc2C(F)(F)F)cc1)Nc1ccc(-c2ccccc2)nn1. The maximum Gasteiger partial charge on any atom is 0.450 e. The average Bonchev–Trinajstić information content (AvgIpc) is 3.30. The van der Waals surface area contributed by atoms with Crippen molar-refractivity contribution in [1.29, 1.82) is 0 Å². The Kier molecular flexibility index (Phi) is 5.84. The number of alkyl halides is 3. The van der Waals surface area contributed by atoms with Gasteiger partial charge in [0, 0.05) is 29.3 Å². The molecule has 10 heteroatoms. The lowest BCUT2D eigenvalue weighted by atomic mass is 10.1. The Morgan fingerprint density at radius 3 is 2.34 bits per heavy atom. The Balaban J connectivity index is 1.33. The Labute approximate surface area is 181 Å². The topological polar surface area (TPSA) is 84.7 Å². The number of nitrogens with zero attached hydrogens (tertiary/aromatic N) is 4. The molecule has 0 aliphatic carbocycles. The Hall–Kier alpha value is -4.21. The number of benzene rings is 2. The van der Waals surface area contributed by atoms with Crippen molar-refractivity contribution in [2.24, 2.45) is 0 Å². The van der Waals surface area contributed by atoms with Crippen LogP contribution in [0.15, 0.2) is 79.1 Å². The molecule has 0 unspecified atom stereocenters. The van der Waals surface area contributed by atoms with E-state index in [0.29, 0.717) is 22.9 Å². The third-order valence-corrected chi connectivity index (χ3v) is 4.49. The first-order valence-electron chi connectivity index (χ1n) is 9.54. The van der Waals surface area contributed by atoms with Gasteiger partial charge < -0.3 is 10.6 Å². The number of carbonyl (C=O) groups excluding carboxylic acids is 1. The van der Waals surface area contributed by atoms with E-state index >= 15 is 0 Å². The Bertz CT molecular complexity index is 1190. The normalized spacial score (nSPS) is 11.2. The standard InChI is InChI=1S/C22H17F3N6O/c23-22(24,25)21-26-12-13-31(21)17-8-6-16(7-9-17)27-14-20(32)28-19-11-10-18(29-30-19)15-4-2-1-3-5-15/h1-13,27H,14H2,(H,28,30,32). The van der Waals surface area contributed by atoms with Crippen LogP contribution in [0.5, 0.6) is 0 Å². The highest BCUT2D eigenvalue weighted by Gasteiger charge is 2.36. The zero-order chi connectivity index (χ0) is 22.6. The molecule has 4 aromatic rings. The van der Waals surface area contributed by atoms with Crippen molar-refractivity contribution in [2.75, 3.05) is 17.2 Å². The fourth-order valence-electron chi connectivity index (χ4n) is 2.99. The summed E-state index contributed by atoms with van der Waals surface area (Å²) >= 11 is 0. The molecule has 0 spiro atoms. The lowest BCUT2D eigenvalue weighted by Gasteiger charge is -2.12. The summed E-state index contributed by atoms with van der Waals surface area (Å²) in [6.07, 6.45) is -2.22. The third kappa shape index (κ3) is 4.91. The summed E-state index contributed by atoms with van der Waals surface area (Å²) in [6, 6.07) is 19.1. The molecule has 2 heterocycles. The fourth-order valence-corrected chi connectivity index (χ4v) is 2.99. The number of rotatable bonds is 6. The van der Waals surface area contributed by atoms with Gasteiger partial charge in [-0.15, -0.1) is 10.2 Å². The fraction of sp³-hybridized carbons (Fsp3) is 0.0909. The van der Waals surface area contributed by atoms with Crippen molar-refractivity contribution in [3.8, 4) is 16.9 Å². The van der Waals surface area contributed by atoms with Gasteiger partial charge in [-0.05, 0) is 36.4 Å². The largest absolute Gasteiger partial charge is 0.450 e. The summed E-state index contributed by atoms with van der Waals surface area (Å²) in [4.78, 5) is 15.5. The summed E-state index contributed by atoms with van der Waals surface area (Å²) < 4.78 is 39.9. The predicted octanol–water partition coefficient (Wildman–Crippen LogP) is 4.40. The van der Waals surface area contributed by atoms with Gasteiger partial charge in [-0.1, -0.05) is 30.3 Å². The van der Waals surface area contributed by atoms with Gasteiger partial charge in [-0.2, -0.15) is 13.2 Å². The van der Waals surface area contributed by atoms with E-state index in [-0.39, 0.29) is 12.5 Å². The average molecular weight is 438 g/mol. The number of aromatic nitrogens is 4. The van der Waals surface area contributed by atoms with Crippen LogP contribution in [0, 0.1) is 0 Å². The van der Waals surface area contributed by atoms with E-state index in [2.05, 4.69) is 25.8 Å². The second-order valence-electron chi connectivity index (χ2n) is 6.74. The molecule has 0 aliphatic rings. The van der Waals surface area contributed by atoms with E-state index in [0.717, 1.165) is 16.3 Å². The van der Waals surface area contributed by atoms with E-state index in [1.807, 2.05) is 30.3 Å². The first-order chi connectivity index (χ1) is 15.4. The molecule has 0 bridgehead atoms. The number of nitrogens with one attached hydrogen (secondary N) is 2. The van der Waals surface area contributed by atoms with Gasteiger partial charge in [0.25, 0.3) is 0 Å². The van der Waals surface area contributed by atoms with Crippen LogP contribution in [0.4, 0.5) is 24.7 Å². The Morgan fingerprint density at radius 1 is 0.938 bits per heavy atom. The van der Waals surface area contributed by atoms with E-state index in [1.165, 1.54) is 18.3 Å². The van der Waals surface area contributed by atoms with E-state index in [4.69, 9.17) is 0 Å². The molecule has 2 aromatic heterocycles. The number of amides is 1. The number of halogens is 3. The highest BCUT2D eigenvalue weighted by Crippen LogP contribution is 2.29. The minimum atomic E-state index is -4.55. The summed E-state index contributed by atoms with van der Waals surface area (Å²) in [5.74, 6) is -1.03. The molecule has 0 saturated carbocycles. The molecule has 1 amide bonds. The van der Waals surface area contributed by atoms with Crippen molar-refractivity contribution in [2.45, 2.75) is 6.18 Å². The molecule has 0 atom stereocenters. The van der Waals surface area contributed by atoms with Gasteiger partial charge in [0.1, 0.15) is 0 Å². The smallest absolute Gasteiger partial charge is 0.376 e. The molecule has 162 valence electrons. The van der Waals surface area contributed by atoms with E-state index < -0.39 is 12.0 Å².